The summed E-state index contributed by atoms with van der Waals surface area (Å²) in [5, 5.41) is 5.29. The second-order valence-electron chi connectivity index (χ2n) is 10.6. The van der Waals surface area contributed by atoms with Gasteiger partial charge in [-0.15, -0.1) is 0 Å². The number of carbonyl (C=O) groups is 3. The molecule has 46 heavy (non-hydrogen) atoms. The van der Waals surface area contributed by atoms with Gasteiger partial charge in [-0.1, -0.05) is 97.1 Å². The lowest BCUT2D eigenvalue weighted by Crippen LogP contribution is -2.33. The molecule has 0 saturated heterocycles. The first-order valence-electron chi connectivity index (χ1n) is 15.2. The number of hydrogen-bond donors (Lipinski definition) is 1. The number of para-hydroxylation sites is 1. The molecule has 7 heteroatoms. The Labute approximate surface area is 269 Å². The third-order valence-corrected chi connectivity index (χ3v) is 7.60. The van der Waals surface area contributed by atoms with Gasteiger partial charge < -0.3 is 19.7 Å². The maximum absolute atomic E-state index is 13.2. The van der Waals surface area contributed by atoms with Crippen molar-refractivity contribution in [1.82, 2.24) is 0 Å². The number of carbonyl (C=O) groups excluding carboxylic acids is 3. The van der Waals surface area contributed by atoms with E-state index < -0.39 is 12.0 Å². The normalized spacial score (nSPS) is 11.6. The van der Waals surface area contributed by atoms with Crippen LogP contribution in [0, 0.1) is 0 Å². The summed E-state index contributed by atoms with van der Waals surface area (Å²) >= 11 is 0. The van der Waals surface area contributed by atoms with Crippen molar-refractivity contribution in [2.45, 2.75) is 19.4 Å². The van der Waals surface area contributed by atoms with Gasteiger partial charge in [-0.2, -0.15) is 0 Å². The average Bonchev–Trinajstić information content (AvgIpc) is 3.10. The van der Waals surface area contributed by atoms with E-state index in [-0.39, 0.29) is 18.3 Å². The van der Waals surface area contributed by atoms with Gasteiger partial charge in [0.25, 0.3) is 5.91 Å². The quantitative estimate of drug-likeness (QED) is 0.0856. The van der Waals surface area contributed by atoms with Gasteiger partial charge in [-0.3, -0.25) is 9.59 Å². The summed E-state index contributed by atoms with van der Waals surface area (Å²) in [6.07, 6.45) is 3.61. The van der Waals surface area contributed by atoms with Crippen LogP contribution in [0.2, 0.25) is 0 Å². The largest absolute Gasteiger partial charge is 0.492 e. The van der Waals surface area contributed by atoms with Gasteiger partial charge in [-0.05, 0) is 54.3 Å². The van der Waals surface area contributed by atoms with Gasteiger partial charge in [0.1, 0.15) is 18.4 Å². The highest BCUT2D eigenvalue weighted by molar-refractivity contribution is 6.12. The van der Waals surface area contributed by atoms with E-state index in [9.17, 15) is 14.4 Å². The molecule has 0 aliphatic rings. The summed E-state index contributed by atoms with van der Waals surface area (Å²) < 4.78 is 11.1. The molecule has 5 aromatic carbocycles. The predicted octanol–water partition coefficient (Wildman–Crippen LogP) is 7.26. The van der Waals surface area contributed by atoms with Crippen LogP contribution in [0.5, 0.6) is 5.75 Å². The molecule has 0 saturated carbocycles. The van der Waals surface area contributed by atoms with Crippen molar-refractivity contribution >= 4 is 39.8 Å². The van der Waals surface area contributed by atoms with E-state index in [0.29, 0.717) is 35.5 Å². The van der Waals surface area contributed by atoms with Crippen LogP contribution in [-0.2, 0) is 20.7 Å². The molecule has 0 aliphatic heterocycles. The number of nitrogens with one attached hydrogen (secondary N) is 1. The molecule has 1 atom stereocenters. The maximum Gasteiger partial charge on any atom is 0.328 e. The fraction of sp³-hybridized carbons (Fsp3) is 0.154. The van der Waals surface area contributed by atoms with E-state index in [2.05, 4.69) is 5.32 Å². The number of ketones is 1. The molecule has 1 N–H and O–H groups in total. The van der Waals surface area contributed by atoms with E-state index in [0.717, 1.165) is 22.0 Å². The highest BCUT2D eigenvalue weighted by Gasteiger charge is 2.23. The standard InChI is InChI=1S/C39H36N2O5/c1-3-12-37(42)41(36-20-11-16-29-13-7-8-17-32(29)36)25-26-46-31-23-21-28(22-24-31)27-35(39(44)45-2)40-34-19-10-9-18-33(34)38(43)30-14-5-4-6-15-30/h3-24,35,40H,25-27H2,1-2H3/t35-/m0/s1. The van der Waals surface area contributed by atoms with Crippen LogP contribution in [0.3, 0.4) is 0 Å². The van der Waals surface area contributed by atoms with Gasteiger partial charge in [-0.25, -0.2) is 4.79 Å². The molecule has 0 fully saturated rings. The van der Waals surface area contributed by atoms with Gasteiger partial charge in [0, 0.05) is 28.6 Å². The van der Waals surface area contributed by atoms with Crippen molar-refractivity contribution in [3.05, 3.63) is 150 Å². The molecule has 0 bridgehead atoms. The van der Waals surface area contributed by atoms with E-state index in [1.807, 2.05) is 97.9 Å². The van der Waals surface area contributed by atoms with Crippen molar-refractivity contribution in [3.63, 3.8) is 0 Å². The Morgan fingerprint density at radius 3 is 2.26 bits per heavy atom. The molecule has 5 aromatic rings. The Kier molecular flexibility index (Phi) is 10.6. The molecule has 0 heterocycles. The highest BCUT2D eigenvalue weighted by atomic mass is 16.5. The molecule has 0 aromatic heterocycles. The van der Waals surface area contributed by atoms with Crippen molar-refractivity contribution in [2.75, 3.05) is 30.5 Å². The molecule has 1 amide bonds. The van der Waals surface area contributed by atoms with E-state index in [1.54, 1.807) is 47.4 Å². The molecule has 232 valence electrons. The van der Waals surface area contributed by atoms with Crippen LogP contribution in [0.1, 0.15) is 28.4 Å². The number of anilines is 2. The fourth-order valence-electron chi connectivity index (χ4n) is 5.31. The summed E-state index contributed by atoms with van der Waals surface area (Å²) in [5.41, 5.74) is 3.29. The Hall–Kier alpha value is -5.69. The summed E-state index contributed by atoms with van der Waals surface area (Å²) in [6, 6.07) is 36.8. The minimum atomic E-state index is -0.728. The Morgan fingerprint density at radius 1 is 0.804 bits per heavy atom. The van der Waals surface area contributed by atoms with Crippen LogP contribution in [0.4, 0.5) is 11.4 Å². The van der Waals surface area contributed by atoms with Crippen molar-refractivity contribution in [1.29, 1.82) is 0 Å². The first-order valence-corrected chi connectivity index (χ1v) is 15.2. The summed E-state index contributed by atoms with van der Waals surface area (Å²) in [7, 11) is 1.34. The lowest BCUT2D eigenvalue weighted by atomic mass is 10.00. The number of methoxy groups -OCH3 is 1. The number of benzene rings is 5. The van der Waals surface area contributed by atoms with Gasteiger partial charge in [0.2, 0.25) is 0 Å². The van der Waals surface area contributed by atoms with Gasteiger partial charge >= 0.3 is 5.97 Å². The number of hydrogen-bond acceptors (Lipinski definition) is 6. The van der Waals surface area contributed by atoms with Crippen molar-refractivity contribution < 1.29 is 23.9 Å². The second-order valence-corrected chi connectivity index (χ2v) is 10.6. The third-order valence-electron chi connectivity index (χ3n) is 7.60. The SMILES string of the molecule is CC=CC(=O)N(CCOc1ccc(C[C@H](Nc2ccccc2C(=O)c2ccccc2)C(=O)OC)cc1)c1cccc2ccccc12. The van der Waals surface area contributed by atoms with Crippen LogP contribution >= 0.6 is 0 Å². The van der Waals surface area contributed by atoms with Crippen LogP contribution in [-0.4, -0.2) is 44.0 Å². The zero-order chi connectivity index (χ0) is 32.3. The van der Waals surface area contributed by atoms with Crippen LogP contribution in [0.15, 0.2) is 133 Å². The minimum Gasteiger partial charge on any atom is -0.492 e. The van der Waals surface area contributed by atoms with Gasteiger partial charge in [0.15, 0.2) is 5.78 Å². The van der Waals surface area contributed by atoms with E-state index in [1.165, 1.54) is 7.11 Å². The zero-order valence-electron chi connectivity index (χ0n) is 25.9. The molecule has 7 nitrogen and oxygen atoms in total. The maximum atomic E-state index is 13.2. The molecule has 0 spiro atoms. The number of rotatable bonds is 13. The molecular weight excluding hydrogens is 576 g/mol. The third kappa shape index (κ3) is 7.68. The Balaban J connectivity index is 1.26. The Bertz CT molecular complexity index is 1830. The molecule has 0 aliphatic carbocycles. The molecule has 5 rings (SSSR count). The fourth-order valence-corrected chi connectivity index (χ4v) is 5.31. The van der Waals surface area contributed by atoms with Crippen LogP contribution in [0.25, 0.3) is 10.8 Å². The highest BCUT2D eigenvalue weighted by Crippen LogP contribution is 2.27. The first kappa shape index (κ1) is 31.7. The zero-order valence-corrected chi connectivity index (χ0v) is 25.9. The summed E-state index contributed by atoms with van der Waals surface area (Å²) in [4.78, 5) is 40.8. The van der Waals surface area contributed by atoms with Crippen molar-refractivity contribution in [3.8, 4) is 5.75 Å². The van der Waals surface area contributed by atoms with Crippen molar-refractivity contribution in [2.24, 2.45) is 0 Å². The smallest absolute Gasteiger partial charge is 0.328 e. The number of esters is 1. The second kappa shape index (κ2) is 15.3. The number of amides is 1. The lowest BCUT2D eigenvalue weighted by molar-refractivity contribution is -0.141. The monoisotopic (exact) mass is 612 g/mol. The topological polar surface area (TPSA) is 84.9 Å². The number of nitrogens with zero attached hydrogens (tertiary/aromatic N) is 1. The number of ether oxygens (including phenoxy) is 2. The minimum absolute atomic E-state index is 0.119. The number of fused-ring (bicyclic) bond motifs is 1. The van der Waals surface area contributed by atoms with E-state index >= 15 is 0 Å². The number of allylic oxidation sites excluding steroid dienone is 1. The summed E-state index contributed by atoms with van der Waals surface area (Å²) in [6.45, 7) is 2.46. The molecular formula is C39H36N2O5. The summed E-state index contributed by atoms with van der Waals surface area (Å²) in [5.74, 6) is -0.0606. The van der Waals surface area contributed by atoms with Gasteiger partial charge in [0.05, 0.1) is 19.3 Å². The average molecular weight is 613 g/mol. The van der Waals surface area contributed by atoms with Crippen LogP contribution < -0.4 is 15.0 Å². The first-order chi connectivity index (χ1) is 22.5. The predicted molar refractivity (Wildman–Crippen MR) is 182 cm³/mol. The van der Waals surface area contributed by atoms with E-state index in [4.69, 9.17) is 9.47 Å². The molecule has 0 unspecified atom stereocenters. The lowest BCUT2D eigenvalue weighted by Gasteiger charge is -2.23. The Morgan fingerprint density at radius 2 is 1.50 bits per heavy atom. The molecule has 0 radical (unpaired) electrons.